The zero-order valence-electron chi connectivity index (χ0n) is 12.2. The third kappa shape index (κ3) is 4.06. The lowest BCUT2D eigenvalue weighted by molar-refractivity contribution is 0.0826. The highest BCUT2D eigenvalue weighted by atomic mass is 32.1. The van der Waals surface area contributed by atoms with Gasteiger partial charge in [0.05, 0.1) is 12.2 Å². The molecule has 1 heterocycles. The summed E-state index contributed by atoms with van der Waals surface area (Å²) in [5.74, 6) is 0.443. The predicted molar refractivity (Wildman–Crippen MR) is 84.0 cm³/mol. The van der Waals surface area contributed by atoms with Crippen LogP contribution in [0.3, 0.4) is 0 Å². The summed E-state index contributed by atoms with van der Waals surface area (Å²) in [5, 5.41) is 6.91. The van der Waals surface area contributed by atoms with E-state index in [0.29, 0.717) is 24.5 Å². The molecule has 2 rings (SSSR count). The zero-order chi connectivity index (χ0) is 15.1. The number of ether oxygens (including phenoxy) is 2. The molecule has 5 heteroatoms. The van der Waals surface area contributed by atoms with Gasteiger partial charge in [0.25, 0.3) is 5.91 Å². The van der Waals surface area contributed by atoms with Gasteiger partial charge in [-0.3, -0.25) is 4.79 Å². The molecule has 0 bridgehead atoms. The fraction of sp³-hybridized carbons (Fsp3) is 0.312. The van der Waals surface area contributed by atoms with Crippen molar-refractivity contribution in [1.29, 1.82) is 0 Å². The molecule has 0 saturated carbocycles. The molecule has 2 aromatic rings. The van der Waals surface area contributed by atoms with Crippen LogP contribution in [0, 0.1) is 0 Å². The van der Waals surface area contributed by atoms with Crippen LogP contribution in [0.1, 0.15) is 28.9 Å². The zero-order valence-corrected chi connectivity index (χ0v) is 13.0. The predicted octanol–water partition coefficient (Wildman–Crippen LogP) is 3.26. The molecule has 21 heavy (non-hydrogen) atoms. The van der Waals surface area contributed by atoms with Crippen molar-refractivity contribution in [3.8, 4) is 5.75 Å². The Labute approximate surface area is 128 Å². The molecule has 1 aromatic heterocycles. The molecule has 0 saturated heterocycles. The monoisotopic (exact) mass is 305 g/mol. The van der Waals surface area contributed by atoms with Crippen molar-refractivity contribution < 1.29 is 14.3 Å². The summed E-state index contributed by atoms with van der Waals surface area (Å²) < 4.78 is 10.9. The van der Waals surface area contributed by atoms with Crippen molar-refractivity contribution in [2.24, 2.45) is 0 Å². The van der Waals surface area contributed by atoms with Crippen LogP contribution in [-0.2, 0) is 4.74 Å². The van der Waals surface area contributed by atoms with Crippen LogP contribution < -0.4 is 10.1 Å². The second kappa shape index (κ2) is 7.81. The summed E-state index contributed by atoms with van der Waals surface area (Å²) >= 11 is 1.61. The van der Waals surface area contributed by atoms with Gasteiger partial charge >= 0.3 is 0 Å². The van der Waals surface area contributed by atoms with E-state index in [2.05, 4.69) is 5.32 Å². The van der Waals surface area contributed by atoms with E-state index in [1.165, 1.54) is 0 Å². The van der Waals surface area contributed by atoms with E-state index in [9.17, 15) is 4.79 Å². The van der Waals surface area contributed by atoms with Gasteiger partial charge in [-0.2, -0.15) is 11.3 Å². The second-order valence-electron chi connectivity index (χ2n) is 4.42. The largest absolute Gasteiger partial charge is 0.493 e. The second-order valence-corrected chi connectivity index (χ2v) is 5.20. The number of carbonyl (C=O) groups is 1. The van der Waals surface area contributed by atoms with E-state index >= 15 is 0 Å². The van der Waals surface area contributed by atoms with E-state index in [0.717, 1.165) is 5.56 Å². The molecule has 0 spiro atoms. The fourth-order valence-corrected chi connectivity index (χ4v) is 2.71. The van der Waals surface area contributed by atoms with E-state index in [1.54, 1.807) is 30.6 Å². The maximum Gasteiger partial charge on any atom is 0.255 e. The third-order valence-electron chi connectivity index (χ3n) is 3.08. The average molecular weight is 305 g/mol. The summed E-state index contributed by atoms with van der Waals surface area (Å²) in [6.45, 7) is 2.85. The molecular formula is C16H19NO3S. The number of rotatable bonds is 7. The number of nitrogens with one attached hydrogen (secondary N) is 1. The van der Waals surface area contributed by atoms with Crippen LogP contribution in [0.25, 0.3) is 0 Å². The van der Waals surface area contributed by atoms with Crippen molar-refractivity contribution in [3.63, 3.8) is 0 Å². The Bertz CT molecular complexity index is 569. The maximum atomic E-state index is 12.3. The van der Waals surface area contributed by atoms with Crippen molar-refractivity contribution in [2.75, 3.05) is 20.3 Å². The van der Waals surface area contributed by atoms with Gasteiger partial charge in [-0.25, -0.2) is 0 Å². The van der Waals surface area contributed by atoms with E-state index in [4.69, 9.17) is 9.47 Å². The van der Waals surface area contributed by atoms with Gasteiger partial charge in [-0.15, -0.1) is 0 Å². The van der Waals surface area contributed by atoms with Gasteiger partial charge in [0.1, 0.15) is 11.9 Å². The number of amides is 1. The number of methoxy groups -OCH3 is 1. The number of para-hydroxylation sites is 1. The van der Waals surface area contributed by atoms with Crippen LogP contribution in [0.5, 0.6) is 5.75 Å². The molecule has 0 radical (unpaired) electrons. The quantitative estimate of drug-likeness (QED) is 0.854. The van der Waals surface area contributed by atoms with E-state index < -0.39 is 0 Å². The first-order valence-corrected chi connectivity index (χ1v) is 7.75. The van der Waals surface area contributed by atoms with Crippen LogP contribution in [-0.4, -0.2) is 26.2 Å². The molecule has 0 aliphatic rings. The summed E-state index contributed by atoms with van der Waals surface area (Å²) in [4.78, 5) is 12.3. The molecule has 0 aliphatic carbocycles. The van der Waals surface area contributed by atoms with Gasteiger partial charge in [0, 0.05) is 13.7 Å². The van der Waals surface area contributed by atoms with E-state index in [-0.39, 0.29) is 12.0 Å². The molecule has 1 unspecified atom stereocenters. The van der Waals surface area contributed by atoms with Gasteiger partial charge in [0.2, 0.25) is 0 Å². The van der Waals surface area contributed by atoms with Crippen molar-refractivity contribution in [1.82, 2.24) is 5.32 Å². The molecule has 0 aliphatic heterocycles. The topological polar surface area (TPSA) is 47.6 Å². The minimum Gasteiger partial charge on any atom is -0.493 e. The number of thiophene rings is 1. The Hall–Kier alpha value is -1.85. The first kappa shape index (κ1) is 15.5. The van der Waals surface area contributed by atoms with Crippen LogP contribution >= 0.6 is 11.3 Å². The number of hydrogen-bond acceptors (Lipinski definition) is 4. The standard InChI is InChI=1S/C16H19NO3S/c1-3-20-14-7-5-4-6-13(14)16(18)17-10-15(19-2)12-8-9-21-11-12/h4-9,11,15H,3,10H2,1-2H3,(H,17,18). The molecule has 112 valence electrons. The normalized spacial score (nSPS) is 11.9. The molecule has 1 aromatic carbocycles. The molecule has 1 amide bonds. The Morgan fingerprint density at radius 1 is 1.33 bits per heavy atom. The Morgan fingerprint density at radius 2 is 2.14 bits per heavy atom. The minimum atomic E-state index is -0.156. The Morgan fingerprint density at radius 3 is 2.81 bits per heavy atom. The fourth-order valence-electron chi connectivity index (χ4n) is 2.01. The summed E-state index contributed by atoms with van der Waals surface area (Å²) in [5.41, 5.74) is 1.61. The molecule has 1 atom stereocenters. The SMILES string of the molecule is CCOc1ccccc1C(=O)NCC(OC)c1ccsc1. The lowest BCUT2D eigenvalue weighted by Crippen LogP contribution is -2.29. The molecule has 4 nitrogen and oxygen atoms in total. The lowest BCUT2D eigenvalue weighted by atomic mass is 10.1. The molecule has 0 fully saturated rings. The maximum absolute atomic E-state index is 12.3. The smallest absolute Gasteiger partial charge is 0.255 e. The van der Waals surface area contributed by atoms with Gasteiger partial charge in [-0.05, 0) is 41.4 Å². The highest BCUT2D eigenvalue weighted by molar-refractivity contribution is 7.07. The Kier molecular flexibility index (Phi) is 5.78. The van der Waals surface area contributed by atoms with Crippen molar-refractivity contribution in [3.05, 3.63) is 52.2 Å². The highest BCUT2D eigenvalue weighted by Gasteiger charge is 2.15. The van der Waals surface area contributed by atoms with Crippen LogP contribution in [0.4, 0.5) is 0 Å². The van der Waals surface area contributed by atoms with Crippen LogP contribution in [0.2, 0.25) is 0 Å². The first-order valence-electron chi connectivity index (χ1n) is 6.81. The average Bonchev–Trinajstić information content (AvgIpc) is 3.03. The molecule has 1 N–H and O–H groups in total. The van der Waals surface area contributed by atoms with E-state index in [1.807, 2.05) is 35.9 Å². The van der Waals surface area contributed by atoms with Crippen LogP contribution in [0.15, 0.2) is 41.1 Å². The summed E-state index contributed by atoms with van der Waals surface area (Å²) in [6, 6.07) is 9.23. The first-order chi connectivity index (χ1) is 10.3. The number of benzene rings is 1. The summed E-state index contributed by atoms with van der Waals surface area (Å²) in [6.07, 6.45) is -0.139. The number of hydrogen-bond donors (Lipinski definition) is 1. The lowest BCUT2D eigenvalue weighted by Gasteiger charge is -2.16. The molecular weight excluding hydrogens is 286 g/mol. The summed E-state index contributed by atoms with van der Waals surface area (Å²) in [7, 11) is 1.64. The van der Waals surface area contributed by atoms with Gasteiger partial charge < -0.3 is 14.8 Å². The van der Waals surface area contributed by atoms with Crippen molar-refractivity contribution >= 4 is 17.2 Å². The van der Waals surface area contributed by atoms with Gasteiger partial charge in [0.15, 0.2) is 0 Å². The third-order valence-corrected chi connectivity index (χ3v) is 3.78. The highest BCUT2D eigenvalue weighted by Crippen LogP contribution is 2.20. The number of carbonyl (C=O) groups excluding carboxylic acids is 1. The van der Waals surface area contributed by atoms with Gasteiger partial charge in [-0.1, -0.05) is 12.1 Å². The minimum absolute atomic E-state index is 0.139. The Balaban J connectivity index is 2.01. The van der Waals surface area contributed by atoms with Crippen molar-refractivity contribution in [2.45, 2.75) is 13.0 Å².